The summed E-state index contributed by atoms with van der Waals surface area (Å²) in [6.45, 7) is 4.01. The molecule has 41 heavy (non-hydrogen) atoms. The second kappa shape index (κ2) is 12.8. The number of hydrogen-bond donors (Lipinski definition) is 2. The first-order valence-corrected chi connectivity index (χ1v) is 15.1. The summed E-state index contributed by atoms with van der Waals surface area (Å²) in [6.07, 6.45) is 13.1. The number of pyridine rings is 1. The van der Waals surface area contributed by atoms with Gasteiger partial charge in [-0.15, -0.1) is 0 Å². The predicted molar refractivity (Wildman–Crippen MR) is 163 cm³/mol. The van der Waals surface area contributed by atoms with Crippen LogP contribution in [-0.4, -0.2) is 39.9 Å². The third-order valence-corrected chi connectivity index (χ3v) is 8.46. The van der Waals surface area contributed by atoms with E-state index < -0.39 is 0 Å². The Bertz CT molecular complexity index is 1510. The van der Waals surface area contributed by atoms with Crippen LogP contribution >= 0.6 is 0 Å². The standard InChI is InChI=1S/C34H39N5O2/c1-23-14-15-28-25(21-27(40)20-24-8-3-2-4-9-24)10-5-12-29(28)32(23)41-33-30(13-7-18-36-33)31-16-19-37-34(39-31)38-26-11-6-17-35-22-26/h5,7,10,12-16,18-19,24,26,35H,2-4,6,8-9,11,17,20-22H2,1H3,(H,37,38,39)/t26-/m0/s1. The minimum Gasteiger partial charge on any atom is -0.437 e. The van der Waals surface area contributed by atoms with Gasteiger partial charge in [0.25, 0.3) is 0 Å². The molecule has 3 heterocycles. The summed E-state index contributed by atoms with van der Waals surface area (Å²) in [5.74, 6) is 2.73. The van der Waals surface area contributed by atoms with Crippen molar-refractivity contribution in [2.75, 3.05) is 18.4 Å². The number of aryl methyl sites for hydroxylation is 1. The zero-order valence-electron chi connectivity index (χ0n) is 23.9. The second-order valence-electron chi connectivity index (χ2n) is 11.6. The molecule has 2 aromatic carbocycles. The van der Waals surface area contributed by atoms with E-state index in [2.05, 4.69) is 44.9 Å². The number of fused-ring (bicyclic) bond motifs is 1. The molecule has 7 nitrogen and oxygen atoms in total. The third-order valence-electron chi connectivity index (χ3n) is 8.46. The maximum atomic E-state index is 13.1. The Labute approximate surface area is 242 Å². The fraction of sp³-hybridized carbons (Fsp3) is 0.412. The van der Waals surface area contributed by atoms with Gasteiger partial charge in [0.05, 0.1) is 11.3 Å². The van der Waals surface area contributed by atoms with Gasteiger partial charge in [-0.05, 0) is 66.9 Å². The Hall–Kier alpha value is -3.84. The number of rotatable bonds is 9. The van der Waals surface area contributed by atoms with E-state index >= 15 is 0 Å². The molecule has 212 valence electrons. The fourth-order valence-corrected chi connectivity index (χ4v) is 6.29. The molecule has 1 aliphatic carbocycles. The van der Waals surface area contributed by atoms with Crippen LogP contribution in [0.1, 0.15) is 62.5 Å². The Morgan fingerprint density at radius 3 is 2.71 bits per heavy atom. The molecule has 7 heteroatoms. The molecule has 1 saturated heterocycles. The highest BCUT2D eigenvalue weighted by molar-refractivity contribution is 5.95. The number of Topliss-reactive ketones (excluding diaryl/α,β-unsaturated/α-hetero) is 1. The normalized spacial score (nSPS) is 17.8. The number of hydrogen-bond acceptors (Lipinski definition) is 7. The van der Waals surface area contributed by atoms with Gasteiger partial charge >= 0.3 is 0 Å². The molecule has 0 amide bonds. The number of aromatic nitrogens is 3. The number of benzene rings is 2. The number of carbonyl (C=O) groups is 1. The Morgan fingerprint density at radius 1 is 0.951 bits per heavy atom. The molecule has 1 aliphatic heterocycles. The number of ether oxygens (including phenoxy) is 1. The van der Waals surface area contributed by atoms with E-state index in [0.717, 1.165) is 64.8 Å². The number of piperidine rings is 1. The van der Waals surface area contributed by atoms with Crippen molar-refractivity contribution in [3.63, 3.8) is 0 Å². The van der Waals surface area contributed by atoms with Gasteiger partial charge in [0, 0.05) is 43.2 Å². The summed E-state index contributed by atoms with van der Waals surface area (Å²) in [6, 6.07) is 16.4. The highest BCUT2D eigenvalue weighted by atomic mass is 16.5. The minimum atomic E-state index is 0.311. The number of nitrogens with zero attached hydrogens (tertiary/aromatic N) is 3. The zero-order chi connectivity index (χ0) is 28.0. The molecule has 4 aromatic rings. The van der Waals surface area contributed by atoms with Crippen LogP contribution in [0.15, 0.2) is 60.9 Å². The molecule has 1 atom stereocenters. The van der Waals surface area contributed by atoms with Gasteiger partial charge in [-0.25, -0.2) is 15.0 Å². The highest BCUT2D eigenvalue weighted by Crippen LogP contribution is 2.38. The van der Waals surface area contributed by atoms with Crippen LogP contribution in [0.5, 0.6) is 11.6 Å². The second-order valence-corrected chi connectivity index (χ2v) is 11.6. The lowest BCUT2D eigenvalue weighted by Gasteiger charge is -2.23. The van der Waals surface area contributed by atoms with Crippen LogP contribution in [0.2, 0.25) is 0 Å². The maximum Gasteiger partial charge on any atom is 0.228 e. The smallest absolute Gasteiger partial charge is 0.228 e. The zero-order valence-corrected chi connectivity index (χ0v) is 23.9. The summed E-state index contributed by atoms with van der Waals surface area (Å²) < 4.78 is 6.59. The number of ketones is 1. The number of carbonyl (C=O) groups excluding carboxylic acids is 1. The summed E-state index contributed by atoms with van der Waals surface area (Å²) in [5, 5.41) is 8.93. The molecule has 6 rings (SSSR count). The van der Waals surface area contributed by atoms with Gasteiger partial charge in [0.1, 0.15) is 11.5 Å². The van der Waals surface area contributed by atoms with Crippen LogP contribution < -0.4 is 15.4 Å². The molecule has 2 fully saturated rings. The van der Waals surface area contributed by atoms with E-state index in [0.29, 0.717) is 42.4 Å². The Kier molecular flexibility index (Phi) is 8.52. The first kappa shape index (κ1) is 27.3. The highest BCUT2D eigenvalue weighted by Gasteiger charge is 2.20. The first-order chi connectivity index (χ1) is 20.1. The quantitative estimate of drug-likeness (QED) is 0.231. The average molecular weight is 550 g/mol. The lowest BCUT2D eigenvalue weighted by atomic mass is 9.84. The summed E-state index contributed by atoms with van der Waals surface area (Å²) in [4.78, 5) is 26.9. The van der Waals surface area contributed by atoms with E-state index in [-0.39, 0.29) is 0 Å². The average Bonchev–Trinajstić information content (AvgIpc) is 3.00. The molecular formula is C34H39N5O2. The van der Waals surface area contributed by atoms with E-state index in [1.807, 2.05) is 31.2 Å². The summed E-state index contributed by atoms with van der Waals surface area (Å²) >= 11 is 0. The fourth-order valence-electron chi connectivity index (χ4n) is 6.29. The van der Waals surface area contributed by atoms with Crippen molar-refractivity contribution in [3.05, 3.63) is 72.1 Å². The lowest BCUT2D eigenvalue weighted by Crippen LogP contribution is -2.38. The monoisotopic (exact) mass is 549 g/mol. The largest absolute Gasteiger partial charge is 0.437 e. The van der Waals surface area contributed by atoms with Crippen LogP contribution in [0.25, 0.3) is 22.0 Å². The molecule has 0 radical (unpaired) electrons. The summed E-state index contributed by atoms with van der Waals surface area (Å²) in [7, 11) is 0. The molecular weight excluding hydrogens is 510 g/mol. The SMILES string of the molecule is Cc1ccc2c(CC(=O)CC3CCCCC3)cccc2c1Oc1ncccc1-c1ccnc(N[C@H]2CCCNC2)n1. The molecule has 0 unspecified atom stereocenters. The lowest BCUT2D eigenvalue weighted by molar-refractivity contribution is -0.119. The number of nitrogens with one attached hydrogen (secondary N) is 2. The van der Waals surface area contributed by atoms with Gasteiger partial charge < -0.3 is 15.4 Å². The third kappa shape index (κ3) is 6.57. The van der Waals surface area contributed by atoms with Crippen molar-refractivity contribution in [3.8, 4) is 22.9 Å². The van der Waals surface area contributed by atoms with Gasteiger partial charge in [-0.3, -0.25) is 4.79 Å². The van der Waals surface area contributed by atoms with Crippen molar-refractivity contribution in [2.45, 2.75) is 70.8 Å². The van der Waals surface area contributed by atoms with Crippen molar-refractivity contribution < 1.29 is 9.53 Å². The maximum absolute atomic E-state index is 13.1. The van der Waals surface area contributed by atoms with Crippen LogP contribution in [-0.2, 0) is 11.2 Å². The van der Waals surface area contributed by atoms with Crippen LogP contribution in [0.3, 0.4) is 0 Å². The Morgan fingerprint density at radius 2 is 1.85 bits per heavy atom. The molecule has 2 aromatic heterocycles. The topological polar surface area (TPSA) is 89.0 Å². The van der Waals surface area contributed by atoms with Crippen molar-refractivity contribution in [1.82, 2.24) is 20.3 Å². The Balaban J connectivity index is 1.26. The molecule has 0 bridgehead atoms. The predicted octanol–water partition coefficient (Wildman–Crippen LogP) is 7.04. The van der Waals surface area contributed by atoms with E-state index in [4.69, 9.17) is 9.72 Å². The number of anilines is 1. The van der Waals surface area contributed by atoms with Gasteiger partial charge in [0.15, 0.2) is 0 Å². The van der Waals surface area contributed by atoms with E-state index in [1.165, 1.54) is 32.1 Å². The van der Waals surface area contributed by atoms with Gasteiger partial charge in [-0.2, -0.15) is 0 Å². The van der Waals surface area contributed by atoms with Crippen LogP contribution in [0, 0.1) is 12.8 Å². The van der Waals surface area contributed by atoms with Crippen molar-refractivity contribution in [1.29, 1.82) is 0 Å². The van der Waals surface area contributed by atoms with E-state index in [1.54, 1.807) is 12.4 Å². The molecule has 1 saturated carbocycles. The van der Waals surface area contributed by atoms with Crippen molar-refractivity contribution in [2.24, 2.45) is 5.92 Å². The van der Waals surface area contributed by atoms with Gasteiger partial charge in [-0.1, -0.05) is 62.4 Å². The van der Waals surface area contributed by atoms with E-state index in [9.17, 15) is 4.79 Å². The molecule has 2 N–H and O–H groups in total. The van der Waals surface area contributed by atoms with Crippen molar-refractivity contribution >= 4 is 22.5 Å². The molecule has 0 spiro atoms. The van der Waals surface area contributed by atoms with Crippen LogP contribution in [0.4, 0.5) is 5.95 Å². The first-order valence-electron chi connectivity index (χ1n) is 15.1. The van der Waals surface area contributed by atoms with Gasteiger partial charge in [0.2, 0.25) is 11.8 Å². The molecule has 2 aliphatic rings. The minimum absolute atomic E-state index is 0.311. The summed E-state index contributed by atoms with van der Waals surface area (Å²) in [5.41, 5.74) is 3.61.